The maximum atomic E-state index is 13.3. The highest BCUT2D eigenvalue weighted by Gasteiger charge is 2.33. The molecule has 0 radical (unpaired) electrons. The number of fused-ring (bicyclic) bond motifs is 3. The molecule has 0 saturated heterocycles. The van der Waals surface area contributed by atoms with Crippen molar-refractivity contribution in [2.75, 3.05) is 4.31 Å². The Kier molecular flexibility index (Phi) is 4.16. The van der Waals surface area contributed by atoms with Gasteiger partial charge in [0.15, 0.2) is 0 Å². The number of hydrogen-bond acceptors (Lipinski definition) is 3. The molecule has 4 nitrogen and oxygen atoms in total. The van der Waals surface area contributed by atoms with Gasteiger partial charge in [-0.25, -0.2) is 8.42 Å². The number of carbonyl (C=O) groups excluding carboxylic acids is 1. The van der Waals surface area contributed by atoms with Crippen LogP contribution in [-0.2, 0) is 21.2 Å². The van der Waals surface area contributed by atoms with Crippen molar-refractivity contribution in [1.82, 2.24) is 0 Å². The number of sulfonamides is 1. The molecule has 1 aliphatic carbocycles. The second-order valence-corrected chi connectivity index (χ2v) is 8.05. The quantitative estimate of drug-likeness (QED) is 0.503. The Morgan fingerprint density at radius 3 is 2.30 bits per heavy atom. The molecule has 0 aromatic heterocycles. The maximum Gasteiger partial charge on any atom is 0.271 e. The number of hydrogen-bond donors (Lipinski definition) is 0. The van der Waals surface area contributed by atoms with E-state index in [1.165, 1.54) is 12.1 Å². The lowest BCUT2D eigenvalue weighted by atomic mass is 10.0. The van der Waals surface area contributed by atoms with Crippen LogP contribution in [0.1, 0.15) is 11.1 Å². The van der Waals surface area contributed by atoms with Gasteiger partial charge < -0.3 is 0 Å². The average Bonchev–Trinajstić information content (AvgIpc) is 3.08. The van der Waals surface area contributed by atoms with E-state index in [2.05, 4.69) is 6.58 Å². The van der Waals surface area contributed by atoms with Crippen molar-refractivity contribution in [3.05, 3.63) is 96.6 Å². The summed E-state index contributed by atoms with van der Waals surface area (Å²) >= 11 is 0. The molecule has 1 amide bonds. The second kappa shape index (κ2) is 6.52. The average molecular weight is 375 g/mol. The van der Waals surface area contributed by atoms with Gasteiger partial charge in [-0.15, -0.1) is 0 Å². The fraction of sp³-hybridized carbons (Fsp3) is 0.0455. The predicted molar refractivity (Wildman–Crippen MR) is 106 cm³/mol. The first-order valence-corrected chi connectivity index (χ1v) is 9.95. The van der Waals surface area contributed by atoms with Gasteiger partial charge >= 0.3 is 0 Å². The van der Waals surface area contributed by atoms with Crippen LogP contribution in [0.2, 0.25) is 0 Å². The molecule has 1 aliphatic rings. The van der Waals surface area contributed by atoms with E-state index in [4.69, 9.17) is 0 Å². The van der Waals surface area contributed by atoms with Gasteiger partial charge in [0, 0.05) is 6.42 Å². The standard InChI is InChI=1S/C22H17NO3S/c1-2-22(24)23(27(25,26)17-10-4-3-5-11-17)21-14-8-13-19-18-12-7-6-9-16(18)15-20(19)21/h2-14H,1,15H2. The first kappa shape index (κ1) is 17.2. The Labute approximate surface area is 158 Å². The van der Waals surface area contributed by atoms with Crippen LogP contribution in [0.25, 0.3) is 11.1 Å². The van der Waals surface area contributed by atoms with E-state index in [0.29, 0.717) is 12.1 Å². The topological polar surface area (TPSA) is 54.5 Å². The van der Waals surface area contributed by atoms with Crippen LogP contribution in [-0.4, -0.2) is 14.3 Å². The van der Waals surface area contributed by atoms with Crippen LogP contribution < -0.4 is 4.31 Å². The van der Waals surface area contributed by atoms with E-state index < -0.39 is 15.9 Å². The van der Waals surface area contributed by atoms with Gasteiger partial charge in [-0.05, 0) is 46.5 Å². The lowest BCUT2D eigenvalue weighted by molar-refractivity contribution is -0.113. The van der Waals surface area contributed by atoms with Gasteiger partial charge in [0.25, 0.3) is 15.9 Å². The van der Waals surface area contributed by atoms with E-state index in [1.54, 1.807) is 30.3 Å². The van der Waals surface area contributed by atoms with E-state index in [1.807, 2.05) is 30.3 Å². The Hall–Kier alpha value is -3.18. The summed E-state index contributed by atoms with van der Waals surface area (Å²) in [6.45, 7) is 3.49. The summed E-state index contributed by atoms with van der Waals surface area (Å²) in [5.74, 6) is -0.678. The Bertz CT molecular complexity index is 1150. The molecule has 134 valence electrons. The van der Waals surface area contributed by atoms with Gasteiger partial charge in [0.2, 0.25) is 0 Å². The van der Waals surface area contributed by atoms with Gasteiger partial charge in [0.1, 0.15) is 0 Å². The van der Waals surface area contributed by atoms with Crippen molar-refractivity contribution in [1.29, 1.82) is 0 Å². The van der Waals surface area contributed by atoms with Gasteiger partial charge in [-0.3, -0.25) is 4.79 Å². The third-order valence-corrected chi connectivity index (χ3v) is 6.43. The van der Waals surface area contributed by atoms with E-state index in [9.17, 15) is 13.2 Å². The molecule has 0 bridgehead atoms. The van der Waals surface area contributed by atoms with Gasteiger partial charge in [-0.1, -0.05) is 61.2 Å². The molecule has 4 rings (SSSR count). The van der Waals surface area contributed by atoms with Crippen LogP contribution in [0.4, 0.5) is 5.69 Å². The number of benzene rings is 3. The molecule has 0 N–H and O–H groups in total. The first-order chi connectivity index (χ1) is 13.0. The number of anilines is 1. The zero-order chi connectivity index (χ0) is 19.0. The first-order valence-electron chi connectivity index (χ1n) is 8.51. The molecule has 0 unspecified atom stereocenters. The zero-order valence-corrected chi connectivity index (χ0v) is 15.3. The molecule has 5 heteroatoms. The van der Waals surface area contributed by atoms with Crippen molar-refractivity contribution < 1.29 is 13.2 Å². The lowest BCUT2D eigenvalue weighted by Gasteiger charge is -2.23. The highest BCUT2D eigenvalue weighted by atomic mass is 32.2. The second-order valence-electron chi connectivity index (χ2n) is 6.26. The lowest BCUT2D eigenvalue weighted by Crippen LogP contribution is -2.36. The molecule has 3 aromatic carbocycles. The molecule has 0 fully saturated rings. The van der Waals surface area contributed by atoms with E-state index in [-0.39, 0.29) is 4.90 Å². The van der Waals surface area contributed by atoms with Crippen LogP contribution in [0.3, 0.4) is 0 Å². The van der Waals surface area contributed by atoms with Gasteiger partial charge in [0.05, 0.1) is 10.6 Å². The Balaban J connectivity index is 1.92. The molecule has 0 heterocycles. The highest BCUT2D eigenvalue weighted by molar-refractivity contribution is 7.93. The smallest absolute Gasteiger partial charge is 0.268 e. The summed E-state index contributed by atoms with van der Waals surface area (Å²) in [6, 6.07) is 21.3. The fourth-order valence-corrected chi connectivity index (χ4v) is 4.93. The molecule has 0 spiro atoms. The summed E-state index contributed by atoms with van der Waals surface area (Å²) in [6.07, 6.45) is 1.61. The Morgan fingerprint density at radius 2 is 1.56 bits per heavy atom. The van der Waals surface area contributed by atoms with Crippen LogP contribution in [0.15, 0.2) is 90.3 Å². The summed E-state index contributed by atoms with van der Waals surface area (Å²) in [5.41, 5.74) is 4.33. The third-order valence-electron chi connectivity index (χ3n) is 4.70. The number of carbonyl (C=O) groups is 1. The summed E-state index contributed by atoms with van der Waals surface area (Å²) in [4.78, 5) is 12.7. The van der Waals surface area contributed by atoms with E-state index >= 15 is 0 Å². The zero-order valence-electron chi connectivity index (χ0n) is 14.5. The number of amides is 1. The monoisotopic (exact) mass is 375 g/mol. The summed E-state index contributed by atoms with van der Waals surface area (Å²) < 4.78 is 27.4. The van der Waals surface area contributed by atoms with Crippen LogP contribution in [0, 0.1) is 0 Å². The SMILES string of the molecule is C=CC(=O)N(c1cccc2c1Cc1ccccc1-2)S(=O)(=O)c1ccccc1. The normalized spacial score (nSPS) is 12.1. The van der Waals surface area contributed by atoms with Crippen molar-refractivity contribution in [3.63, 3.8) is 0 Å². The number of nitrogens with zero attached hydrogens (tertiary/aromatic N) is 1. The van der Waals surface area contributed by atoms with Gasteiger partial charge in [-0.2, -0.15) is 4.31 Å². The van der Waals surface area contributed by atoms with Crippen LogP contribution in [0.5, 0.6) is 0 Å². The molecule has 3 aromatic rings. The van der Waals surface area contributed by atoms with E-state index in [0.717, 1.165) is 32.6 Å². The van der Waals surface area contributed by atoms with Crippen molar-refractivity contribution in [3.8, 4) is 11.1 Å². The van der Waals surface area contributed by atoms with Crippen LogP contribution >= 0.6 is 0 Å². The minimum atomic E-state index is -4.06. The molecule has 27 heavy (non-hydrogen) atoms. The largest absolute Gasteiger partial charge is 0.271 e. The molecule has 0 atom stereocenters. The minimum absolute atomic E-state index is 0.0633. The third kappa shape index (κ3) is 2.76. The minimum Gasteiger partial charge on any atom is -0.268 e. The highest BCUT2D eigenvalue weighted by Crippen LogP contribution is 2.42. The molecule has 0 aliphatic heterocycles. The van der Waals surface area contributed by atoms with Crippen molar-refractivity contribution >= 4 is 21.6 Å². The maximum absolute atomic E-state index is 13.3. The molecular formula is C22H17NO3S. The fourth-order valence-electron chi connectivity index (χ4n) is 3.48. The number of rotatable bonds is 4. The van der Waals surface area contributed by atoms with Crippen molar-refractivity contribution in [2.45, 2.75) is 11.3 Å². The molecular weight excluding hydrogens is 358 g/mol. The molecule has 0 saturated carbocycles. The van der Waals surface area contributed by atoms with Crippen molar-refractivity contribution in [2.24, 2.45) is 0 Å². The summed E-state index contributed by atoms with van der Waals surface area (Å²) in [7, 11) is -4.06. The predicted octanol–water partition coefficient (Wildman–Crippen LogP) is 4.17. The summed E-state index contributed by atoms with van der Waals surface area (Å²) in [5, 5.41) is 0. The Morgan fingerprint density at radius 1 is 0.889 bits per heavy atom.